The first kappa shape index (κ1) is 21.1. The molecular weight excluding hydrogens is 424 g/mol. The lowest BCUT2D eigenvalue weighted by Crippen LogP contribution is -2.32. The highest BCUT2D eigenvalue weighted by atomic mass is 19.4. The Morgan fingerprint density at radius 1 is 0.742 bits per heavy atom. The van der Waals surface area contributed by atoms with E-state index in [1.165, 1.54) is 12.1 Å². The van der Waals surface area contributed by atoms with E-state index in [2.05, 4.69) is 15.0 Å². The Bertz CT molecular complexity index is 1060. The summed E-state index contributed by atoms with van der Waals surface area (Å²) in [4.78, 5) is 14.9. The van der Waals surface area contributed by atoms with Gasteiger partial charge in [-0.05, 0) is 30.7 Å². The minimum Gasteiger partial charge on any atom is -0.355 e. The van der Waals surface area contributed by atoms with Crippen LogP contribution in [0.1, 0.15) is 17.8 Å². The fourth-order valence-corrected chi connectivity index (χ4v) is 3.53. The van der Waals surface area contributed by atoms with Crippen molar-refractivity contribution < 1.29 is 26.3 Å². The third-order valence-electron chi connectivity index (χ3n) is 5.03. The molecule has 0 spiro atoms. The fourth-order valence-electron chi connectivity index (χ4n) is 3.53. The Morgan fingerprint density at radius 3 is 2.13 bits per heavy atom. The predicted molar refractivity (Wildman–Crippen MR) is 103 cm³/mol. The van der Waals surface area contributed by atoms with Crippen LogP contribution in [0, 0.1) is 0 Å². The minimum atomic E-state index is -4.68. The van der Waals surface area contributed by atoms with E-state index in [1.54, 1.807) is 23.1 Å². The number of pyridine rings is 1. The topological polar surface area (TPSA) is 45.2 Å². The molecule has 3 heterocycles. The molecule has 0 saturated carbocycles. The van der Waals surface area contributed by atoms with E-state index >= 15 is 0 Å². The number of para-hydroxylation sites is 1. The zero-order valence-electron chi connectivity index (χ0n) is 16.1. The van der Waals surface area contributed by atoms with Gasteiger partial charge in [0, 0.05) is 37.8 Å². The smallest absolute Gasteiger partial charge is 0.355 e. The van der Waals surface area contributed by atoms with Gasteiger partial charge < -0.3 is 9.80 Å². The van der Waals surface area contributed by atoms with E-state index in [1.807, 2.05) is 4.90 Å². The van der Waals surface area contributed by atoms with Gasteiger partial charge in [-0.2, -0.15) is 26.3 Å². The van der Waals surface area contributed by atoms with Crippen molar-refractivity contribution in [3.05, 3.63) is 54.0 Å². The lowest BCUT2D eigenvalue weighted by Gasteiger charge is -2.25. The summed E-state index contributed by atoms with van der Waals surface area (Å²) in [5.41, 5.74) is -0.634. The number of anilines is 2. The van der Waals surface area contributed by atoms with Crippen LogP contribution in [0.25, 0.3) is 10.9 Å². The Morgan fingerprint density at radius 2 is 1.45 bits per heavy atom. The highest BCUT2D eigenvalue weighted by Gasteiger charge is 2.36. The molecule has 0 atom stereocenters. The Labute approximate surface area is 173 Å². The maximum Gasteiger partial charge on any atom is 0.451 e. The summed E-state index contributed by atoms with van der Waals surface area (Å²) in [6.45, 7) is 1.65. The number of nitrogens with zero attached hydrogens (tertiary/aromatic N) is 5. The molecule has 1 aliphatic heterocycles. The number of fused-ring (bicyclic) bond motifs is 1. The second-order valence-electron chi connectivity index (χ2n) is 7.12. The van der Waals surface area contributed by atoms with Crippen LogP contribution in [-0.2, 0) is 12.4 Å². The zero-order valence-corrected chi connectivity index (χ0v) is 16.1. The largest absolute Gasteiger partial charge is 0.451 e. The molecule has 5 nitrogen and oxygen atoms in total. The molecule has 0 amide bonds. The van der Waals surface area contributed by atoms with Crippen LogP contribution in [0.15, 0.2) is 42.6 Å². The van der Waals surface area contributed by atoms with Gasteiger partial charge in [-0.3, -0.25) is 0 Å². The number of alkyl halides is 6. The molecule has 0 bridgehead atoms. The van der Waals surface area contributed by atoms with Crippen molar-refractivity contribution in [1.29, 1.82) is 0 Å². The molecule has 0 radical (unpaired) electrons. The summed E-state index contributed by atoms with van der Waals surface area (Å²) < 4.78 is 78.2. The number of halogens is 6. The number of benzene rings is 1. The van der Waals surface area contributed by atoms with E-state index in [0.29, 0.717) is 43.8 Å². The Balaban J connectivity index is 1.60. The standard InChI is InChI=1S/C20H17F6N5/c21-19(22,23)13-6-7-16(27-12-13)30-8-3-9-31(11-10-30)17-14-4-1-2-5-15(14)28-18(29-17)20(24,25)26/h1-2,4-7,12H,3,8-11H2. The maximum atomic E-state index is 13.3. The average molecular weight is 441 g/mol. The molecule has 11 heteroatoms. The quantitative estimate of drug-likeness (QED) is 0.536. The zero-order chi connectivity index (χ0) is 22.2. The normalized spacial score (nSPS) is 15.9. The van der Waals surface area contributed by atoms with Crippen LogP contribution < -0.4 is 9.80 Å². The van der Waals surface area contributed by atoms with Gasteiger partial charge >= 0.3 is 12.4 Å². The number of aromatic nitrogens is 3. The molecule has 164 valence electrons. The summed E-state index contributed by atoms with van der Waals surface area (Å²) in [6, 6.07) is 8.77. The van der Waals surface area contributed by atoms with Crippen LogP contribution in [0.2, 0.25) is 0 Å². The van der Waals surface area contributed by atoms with Crippen LogP contribution in [0.4, 0.5) is 38.0 Å². The third kappa shape index (κ3) is 4.49. The van der Waals surface area contributed by atoms with Gasteiger partial charge in [0.25, 0.3) is 0 Å². The van der Waals surface area contributed by atoms with Gasteiger partial charge in [0.05, 0.1) is 11.1 Å². The van der Waals surface area contributed by atoms with Gasteiger partial charge in [-0.1, -0.05) is 12.1 Å². The summed E-state index contributed by atoms with van der Waals surface area (Å²) in [5.74, 6) is -0.620. The second-order valence-corrected chi connectivity index (χ2v) is 7.12. The highest BCUT2D eigenvalue weighted by Crippen LogP contribution is 2.33. The molecule has 2 aromatic heterocycles. The van der Waals surface area contributed by atoms with Gasteiger partial charge in [0.1, 0.15) is 11.6 Å². The first-order chi connectivity index (χ1) is 14.6. The van der Waals surface area contributed by atoms with Gasteiger partial charge in [0.2, 0.25) is 5.82 Å². The average Bonchev–Trinajstić information content (AvgIpc) is 2.98. The lowest BCUT2D eigenvalue weighted by molar-refractivity contribution is -0.144. The van der Waals surface area contributed by atoms with Gasteiger partial charge in [0.15, 0.2) is 0 Å². The van der Waals surface area contributed by atoms with Crippen molar-refractivity contribution in [1.82, 2.24) is 15.0 Å². The Kier molecular flexibility index (Phi) is 5.36. The SMILES string of the molecule is FC(F)(F)c1ccc(N2CCCN(c3nc(C(F)(F)F)nc4ccccc34)CC2)nc1. The molecule has 3 aromatic rings. The molecular formula is C20H17F6N5. The number of hydrogen-bond acceptors (Lipinski definition) is 5. The summed E-state index contributed by atoms with van der Waals surface area (Å²) in [5, 5.41) is 0.511. The van der Waals surface area contributed by atoms with Crippen LogP contribution in [-0.4, -0.2) is 41.1 Å². The summed E-state index contributed by atoms with van der Waals surface area (Å²) in [7, 11) is 0. The van der Waals surface area contributed by atoms with Crippen LogP contribution in [0.3, 0.4) is 0 Å². The monoisotopic (exact) mass is 441 g/mol. The first-order valence-electron chi connectivity index (χ1n) is 9.50. The highest BCUT2D eigenvalue weighted by molar-refractivity contribution is 5.89. The molecule has 31 heavy (non-hydrogen) atoms. The molecule has 0 unspecified atom stereocenters. The van der Waals surface area contributed by atoms with Crippen LogP contribution >= 0.6 is 0 Å². The molecule has 0 aliphatic carbocycles. The molecule has 0 N–H and O–H groups in total. The summed E-state index contributed by atoms with van der Waals surface area (Å²) in [6.07, 6.45) is -7.79. The second kappa shape index (κ2) is 7.86. The van der Waals surface area contributed by atoms with Gasteiger partial charge in [-0.15, -0.1) is 0 Å². The van der Waals surface area contributed by atoms with Crippen molar-refractivity contribution >= 4 is 22.5 Å². The van der Waals surface area contributed by atoms with Crippen LogP contribution in [0.5, 0.6) is 0 Å². The van der Waals surface area contributed by atoms with Crippen molar-refractivity contribution in [2.45, 2.75) is 18.8 Å². The molecule has 4 rings (SSSR count). The first-order valence-corrected chi connectivity index (χ1v) is 9.50. The van der Waals surface area contributed by atoms with Crippen molar-refractivity contribution in [3.8, 4) is 0 Å². The van der Waals surface area contributed by atoms with Crippen molar-refractivity contribution in [2.75, 3.05) is 36.0 Å². The third-order valence-corrected chi connectivity index (χ3v) is 5.03. The fraction of sp³-hybridized carbons (Fsp3) is 0.350. The molecule has 1 saturated heterocycles. The maximum absolute atomic E-state index is 13.3. The summed E-state index contributed by atoms with van der Waals surface area (Å²) >= 11 is 0. The van der Waals surface area contributed by atoms with Crippen molar-refractivity contribution in [2.24, 2.45) is 0 Å². The van der Waals surface area contributed by atoms with E-state index in [0.717, 1.165) is 12.3 Å². The molecule has 1 aromatic carbocycles. The lowest BCUT2D eigenvalue weighted by atomic mass is 10.2. The molecule has 1 aliphatic rings. The van der Waals surface area contributed by atoms with E-state index in [-0.39, 0.29) is 11.3 Å². The predicted octanol–water partition coefficient (Wildman–Crippen LogP) is 4.78. The van der Waals surface area contributed by atoms with E-state index in [4.69, 9.17) is 0 Å². The minimum absolute atomic E-state index is 0.195. The van der Waals surface area contributed by atoms with E-state index < -0.39 is 23.7 Å². The van der Waals surface area contributed by atoms with Gasteiger partial charge in [-0.25, -0.2) is 15.0 Å². The molecule has 1 fully saturated rings. The number of rotatable bonds is 2. The van der Waals surface area contributed by atoms with Crippen molar-refractivity contribution in [3.63, 3.8) is 0 Å². The number of hydrogen-bond donors (Lipinski definition) is 0. The Hall–Kier alpha value is -3.11. The van der Waals surface area contributed by atoms with E-state index in [9.17, 15) is 26.3 Å².